The maximum atomic E-state index is 6.11. The van der Waals surface area contributed by atoms with Gasteiger partial charge < -0.3 is 14.2 Å². The molecular formula is C30H27N3O3. The summed E-state index contributed by atoms with van der Waals surface area (Å²) < 4.78 is 18.1. The SMILES string of the molecule is C=Cc1ccc(COc2nnnc(OCc3ccc(C=C)cc3)c2OCc2ccc(C=C)cc2)cc1. The van der Waals surface area contributed by atoms with E-state index in [1.54, 1.807) is 18.2 Å². The molecule has 0 unspecified atom stereocenters. The summed E-state index contributed by atoms with van der Waals surface area (Å²) in [6.45, 7) is 12.2. The molecule has 0 aliphatic rings. The number of aromatic nitrogens is 3. The second-order valence-corrected chi connectivity index (χ2v) is 7.93. The number of hydrogen-bond acceptors (Lipinski definition) is 6. The van der Waals surface area contributed by atoms with Gasteiger partial charge in [0.05, 0.1) is 0 Å². The molecule has 1 aromatic heterocycles. The normalized spacial score (nSPS) is 10.3. The van der Waals surface area contributed by atoms with Crippen molar-refractivity contribution in [2.45, 2.75) is 19.8 Å². The third-order valence-corrected chi connectivity index (χ3v) is 5.44. The molecule has 0 aliphatic carbocycles. The van der Waals surface area contributed by atoms with E-state index in [9.17, 15) is 0 Å². The molecule has 180 valence electrons. The molecule has 0 amide bonds. The van der Waals surface area contributed by atoms with E-state index in [0.717, 1.165) is 33.4 Å². The zero-order chi connectivity index (χ0) is 25.2. The Morgan fingerprint density at radius 3 is 1.17 bits per heavy atom. The summed E-state index contributed by atoms with van der Waals surface area (Å²) in [6, 6.07) is 23.7. The third kappa shape index (κ3) is 6.45. The van der Waals surface area contributed by atoms with Gasteiger partial charge in [-0.15, -0.1) is 0 Å². The van der Waals surface area contributed by atoms with Crippen LogP contribution in [0.25, 0.3) is 18.2 Å². The average molecular weight is 478 g/mol. The van der Waals surface area contributed by atoms with Gasteiger partial charge in [-0.3, -0.25) is 0 Å². The van der Waals surface area contributed by atoms with E-state index in [2.05, 4.69) is 35.1 Å². The molecule has 3 aromatic carbocycles. The molecule has 0 spiro atoms. The average Bonchev–Trinajstić information content (AvgIpc) is 2.95. The summed E-state index contributed by atoms with van der Waals surface area (Å²) in [4.78, 5) is 0. The van der Waals surface area contributed by atoms with Crippen LogP contribution in [0.5, 0.6) is 17.5 Å². The molecule has 0 saturated heterocycles. The van der Waals surface area contributed by atoms with Crippen LogP contribution in [0.4, 0.5) is 0 Å². The Morgan fingerprint density at radius 2 is 0.833 bits per heavy atom. The van der Waals surface area contributed by atoms with Gasteiger partial charge in [0.25, 0.3) is 11.8 Å². The van der Waals surface area contributed by atoms with Crippen LogP contribution in [-0.4, -0.2) is 15.4 Å². The first kappa shape index (κ1) is 24.4. The number of nitrogens with zero attached hydrogens (tertiary/aromatic N) is 3. The maximum absolute atomic E-state index is 6.11. The zero-order valence-corrected chi connectivity index (χ0v) is 20.0. The van der Waals surface area contributed by atoms with Crippen LogP contribution in [-0.2, 0) is 19.8 Å². The highest BCUT2D eigenvalue weighted by molar-refractivity contribution is 5.49. The van der Waals surface area contributed by atoms with E-state index in [1.807, 2.05) is 72.8 Å². The Hall–Kier alpha value is -4.71. The number of ether oxygens (including phenoxy) is 3. The Balaban J connectivity index is 1.53. The molecule has 6 nitrogen and oxygen atoms in total. The predicted octanol–water partition coefficient (Wildman–Crippen LogP) is 6.54. The lowest BCUT2D eigenvalue weighted by Crippen LogP contribution is -2.08. The largest absolute Gasteiger partial charge is 0.479 e. The van der Waals surface area contributed by atoms with Crippen LogP contribution in [0.2, 0.25) is 0 Å². The van der Waals surface area contributed by atoms with Crippen LogP contribution in [0.3, 0.4) is 0 Å². The summed E-state index contributed by atoms with van der Waals surface area (Å²) in [7, 11) is 0. The van der Waals surface area contributed by atoms with Crippen molar-refractivity contribution < 1.29 is 14.2 Å². The van der Waals surface area contributed by atoms with Crippen molar-refractivity contribution in [3.8, 4) is 17.5 Å². The standard InChI is InChI=1S/C30H27N3O3/c1-4-22-7-13-25(14-8-22)19-34-28-29(35-20-26-15-9-23(5-2)10-16-26)31-33-32-30(28)36-21-27-17-11-24(6-3)12-18-27/h4-18H,1-3,19-21H2. The lowest BCUT2D eigenvalue weighted by atomic mass is 10.1. The molecule has 1 heterocycles. The van der Waals surface area contributed by atoms with Gasteiger partial charge in [0.2, 0.25) is 5.75 Å². The Bertz CT molecular complexity index is 1240. The zero-order valence-electron chi connectivity index (χ0n) is 20.0. The van der Waals surface area contributed by atoms with Crippen molar-refractivity contribution in [2.75, 3.05) is 0 Å². The second-order valence-electron chi connectivity index (χ2n) is 7.93. The second kappa shape index (κ2) is 12.1. The van der Waals surface area contributed by atoms with Crippen molar-refractivity contribution in [1.29, 1.82) is 0 Å². The van der Waals surface area contributed by atoms with E-state index in [1.165, 1.54) is 0 Å². The summed E-state index contributed by atoms with van der Waals surface area (Å²) in [5.41, 5.74) is 6.00. The molecule has 0 saturated carbocycles. The molecule has 0 atom stereocenters. The highest BCUT2D eigenvalue weighted by Crippen LogP contribution is 2.34. The van der Waals surface area contributed by atoms with Gasteiger partial charge in [0, 0.05) is 0 Å². The van der Waals surface area contributed by atoms with Gasteiger partial charge in [0.15, 0.2) is 0 Å². The van der Waals surface area contributed by atoms with E-state index < -0.39 is 0 Å². The van der Waals surface area contributed by atoms with Crippen LogP contribution in [0.1, 0.15) is 33.4 Å². The van der Waals surface area contributed by atoms with Gasteiger partial charge in [0.1, 0.15) is 19.8 Å². The Kier molecular flexibility index (Phi) is 8.22. The van der Waals surface area contributed by atoms with Crippen LogP contribution < -0.4 is 14.2 Å². The highest BCUT2D eigenvalue weighted by atomic mass is 16.5. The van der Waals surface area contributed by atoms with Crippen molar-refractivity contribution in [3.63, 3.8) is 0 Å². The minimum Gasteiger partial charge on any atom is -0.479 e. The topological polar surface area (TPSA) is 66.4 Å². The number of hydrogen-bond donors (Lipinski definition) is 0. The van der Waals surface area contributed by atoms with Crippen molar-refractivity contribution in [1.82, 2.24) is 15.4 Å². The molecule has 0 fully saturated rings. The van der Waals surface area contributed by atoms with Crippen LogP contribution in [0, 0.1) is 0 Å². The fraction of sp³-hybridized carbons (Fsp3) is 0.100. The van der Waals surface area contributed by atoms with E-state index in [4.69, 9.17) is 14.2 Å². The molecule has 0 N–H and O–H groups in total. The van der Waals surface area contributed by atoms with Crippen LogP contribution in [0.15, 0.2) is 92.5 Å². The Morgan fingerprint density at radius 1 is 0.500 bits per heavy atom. The summed E-state index contributed by atoms with van der Waals surface area (Å²) in [5.74, 6) is 0.707. The molecule has 4 aromatic rings. The fourth-order valence-corrected chi connectivity index (χ4v) is 3.31. The van der Waals surface area contributed by atoms with Crippen molar-refractivity contribution in [2.24, 2.45) is 0 Å². The highest BCUT2D eigenvalue weighted by Gasteiger charge is 2.18. The van der Waals surface area contributed by atoms with Gasteiger partial charge in [-0.2, -0.15) is 0 Å². The molecule has 36 heavy (non-hydrogen) atoms. The summed E-state index contributed by atoms with van der Waals surface area (Å²) >= 11 is 0. The minimum absolute atomic E-state index is 0.206. The number of benzene rings is 3. The lowest BCUT2D eigenvalue weighted by molar-refractivity contribution is 0.211. The number of rotatable bonds is 12. The Labute approximate surface area is 211 Å². The molecule has 6 heteroatoms. The first-order valence-corrected chi connectivity index (χ1v) is 11.4. The lowest BCUT2D eigenvalue weighted by Gasteiger charge is -2.14. The van der Waals surface area contributed by atoms with Crippen molar-refractivity contribution >= 4 is 18.2 Å². The summed E-state index contributed by atoms with van der Waals surface area (Å²) in [5, 5.41) is 12.0. The molecule has 0 radical (unpaired) electrons. The van der Waals surface area contributed by atoms with E-state index in [-0.39, 0.29) is 31.6 Å². The monoisotopic (exact) mass is 477 g/mol. The third-order valence-electron chi connectivity index (χ3n) is 5.44. The predicted molar refractivity (Wildman–Crippen MR) is 142 cm³/mol. The summed E-state index contributed by atoms with van der Waals surface area (Å²) in [6.07, 6.45) is 5.38. The minimum atomic E-state index is 0.206. The first-order valence-electron chi connectivity index (χ1n) is 11.4. The smallest absolute Gasteiger partial charge is 0.284 e. The van der Waals surface area contributed by atoms with Gasteiger partial charge in [-0.05, 0) is 38.6 Å². The molecule has 0 aliphatic heterocycles. The van der Waals surface area contributed by atoms with Gasteiger partial charge in [-0.25, -0.2) is 0 Å². The van der Waals surface area contributed by atoms with Gasteiger partial charge in [-0.1, -0.05) is 121 Å². The molecule has 4 rings (SSSR count). The van der Waals surface area contributed by atoms with E-state index in [0.29, 0.717) is 5.75 Å². The van der Waals surface area contributed by atoms with Crippen LogP contribution >= 0.6 is 0 Å². The molecular weight excluding hydrogens is 450 g/mol. The van der Waals surface area contributed by atoms with E-state index >= 15 is 0 Å². The van der Waals surface area contributed by atoms with Gasteiger partial charge >= 0.3 is 0 Å². The fourth-order valence-electron chi connectivity index (χ4n) is 3.31. The molecule has 0 bridgehead atoms. The quantitative estimate of drug-likeness (QED) is 0.231. The first-order chi connectivity index (χ1) is 17.7. The maximum Gasteiger partial charge on any atom is 0.284 e. The van der Waals surface area contributed by atoms with Crippen molar-refractivity contribution in [3.05, 3.63) is 126 Å².